The topological polar surface area (TPSA) is 69.7 Å². The van der Waals surface area contributed by atoms with E-state index < -0.39 is 10.0 Å². The van der Waals surface area contributed by atoms with Gasteiger partial charge in [-0.3, -0.25) is 4.90 Å². The van der Waals surface area contributed by atoms with Crippen molar-refractivity contribution in [1.82, 2.24) is 9.62 Å². The fourth-order valence-electron chi connectivity index (χ4n) is 3.26. The molecular weight excluding hydrogens is 302 g/mol. The Morgan fingerprint density at radius 1 is 1.27 bits per heavy atom. The van der Waals surface area contributed by atoms with Crippen molar-refractivity contribution >= 4 is 21.7 Å². The molecule has 1 saturated heterocycles. The number of piperidine rings is 1. The van der Waals surface area contributed by atoms with Gasteiger partial charge >= 0.3 is 6.03 Å². The van der Waals surface area contributed by atoms with Crippen molar-refractivity contribution in [3.63, 3.8) is 0 Å². The molecule has 6 nitrogen and oxygen atoms in total. The van der Waals surface area contributed by atoms with Gasteiger partial charge in [0.25, 0.3) is 0 Å². The van der Waals surface area contributed by atoms with Gasteiger partial charge in [-0.2, -0.15) is 0 Å². The number of carbonyl (C=O) groups is 1. The van der Waals surface area contributed by atoms with Crippen molar-refractivity contribution in [2.24, 2.45) is 0 Å². The lowest BCUT2D eigenvalue weighted by Crippen LogP contribution is -2.52. The minimum atomic E-state index is -3.24. The van der Waals surface area contributed by atoms with Gasteiger partial charge in [0.2, 0.25) is 10.0 Å². The smallest absolute Gasteiger partial charge is 0.323 e. The number of carbonyl (C=O) groups excluding carboxylic acids is 1. The first-order chi connectivity index (χ1) is 10.4. The Bertz CT molecular complexity index is 674. The summed E-state index contributed by atoms with van der Waals surface area (Å²) in [4.78, 5) is 16.3. The van der Waals surface area contributed by atoms with Crippen molar-refractivity contribution in [2.75, 3.05) is 30.8 Å². The molecule has 120 valence electrons. The number of sulfonamides is 1. The SMILES string of the molecule is CS(=O)(=O)N[C@H]1CCCN(C(=O)N2CCc3ccccc32)C1. The molecule has 0 spiro atoms. The van der Waals surface area contributed by atoms with E-state index in [0.717, 1.165) is 31.2 Å². The van der Waals surface area contributed by atoms with E-state index in [1.165, 1.54) is 5.56 Å². The van der Waals surface area contributed by atoms with Crippen molar-refractivity contribution in [2.45, 2.75) is 25.3 Å². The maximum absolute atomic E-state index is 12.7. The molecule has 1 aromatic rings. The van der Waals surface area contributed by atoms with Crippen LogP contribution in [0.15, 0.2) is 24.3 Å². The number of amides is 2. The number of nitrogens with zero attached hydrogens (tertiary/aromatic N) is 2. The zero-order chi connectivity index (χ0) is 15.7. The summed E-state index contributed by atoms with van der Waals surface area (Å²) in [5, 5.41) is 0. The first kappa shape index (κ1) is 15.3. The summed E-state index contributed by atoms with van der Waals surface area (Å²) in [6.45, 7) is 1.81. The molecular formula is C15H21N3O3S. The molecule has 0 saturated carbocycles. The minimum absolute atomic E-state index is 0.0232. The molecule has 3 rings (SSSR count). The molecule has 0 bridgehead atoms. The molecule has 0 aromatic heterocycles. The summed E-state index contributed by atoms with van der Waals surface area (Å²) >= 11 is 0. The molecule has 1 atom stereocenters. The third-order valence-corrected chi connectivity index (χ3v) is 4.95. The summed E-state index contributed by atoms with van der Waals surface area (Å²) in [5.41, 5.74) is 2.17. The molecule has 1 aromatic carbocycles. The summed E-state index contributed by atoms with van der Waals surface area (Å²) in [7, 11) is -3.24. The van der Waals surface area contributed by atoms with E-state index in [4.69, 9.17) is 0 Å². The van der Waals surface area contributed by atoms with Crippen LogP contribution in [-0.4, -0.2) is 51.3 Å². The third-order valence-electron chi connectivity index (χ3n) is 4.19. The fraction of sp³-hybridized carbons (Fsp3) is 0.533. The molecule has 2 aliphatic rings. The molecule has 22 heavy (non-hydrogen) atoms. The molecule has 7 heteroatoms. The number of hydrogen-bond donors (Lipinski definition) is 1. The highest BCUT2D eigenvalue weighted by Crippen LogP contribution is 2.29. The quantitative estimate of drug-likeness (QED) is 0.888. The normalized spacial score (nSPS) is 21.8. The van der Waals surface area contributed by atoms with Gasteiger partial charge in [-0.05, 0) is 30.9 Å². The number of nitrogens with one attached hydrogen (secondary N) is 1. The number of anilines is 1. The van der Waals surface area contributed by atoms with Gasteiger partial charge in [-0.25, -0.2) is 17.9 Å². The van der Waals surface area contributed by atoms with Crippen LogP contribution in [0.25, 0.3) is 0 Å². The molecule has 0 radical (unpaired) electrons. The first-order valence-corrected chi connectivity index (χ1v) is 9.45. The standard InChI is InChI=1S/C15H21N3O3S/c1-22(20,21)16-13-6-4-9-17(11-13)15(19)18-10-8-12-5-2-3-7-14(12)18/h2-3,5,7,13,16H,4,6,8-11H2,1H3/t13-/m0/s1. The lowest BCUT2D eigenvalue weighted by atomic mass is 10.1. The number of hydrogen-bond acceptors (Lipinski definition) is 3. The van der Waals surface area contributed by atoms with Crippen LogP contribution in [0.1, 0.15) is 18.4 Å². The molecule has 2 heterocycles. The summed E-state index contributed by atoms with van der Waals surface area (Å²) in [5.74, 6) is 0. The number of fused-ring (bicyclic) bond motifs is 1. The molecule has 1 fully saturated rings. The maximum Gasteiger partial charge on any atom is 0.324 e. The highest BCUT2D eigenvalue weighted by Gasteiger charge is 2.31. The van der Waals surface area contributed by atoms with Crippen LogP contribution in [-0.2, 0) is 16.4 Å². The maximum atomic E-state index is 12.7. The highest BCUT2D eigenvalue weighted by molar-refractivity contribution is 7.88. The fourth-order valence-corrected chi connectivity index (χ4v) is 4.06. The highest BCUT2D eigenvalue weighted by atomic mass is 32.2. The Labute approximate surface area is 131 Å². The lowest BCUT2D eigenvalue weighted by Gasteiger charge is -2.35. The van der Waals surface area contributed by atoms with E-state index in [2.05, 4.69) is 4.72 Å². The zero-order valence-corrected chi connectivity index (χ0v) is 13.5. The van der Waals surface area contributed by atoms with Crippen LogP contribution in [0, 0.1) is 0 Å². The van der Waals surface area contributed by atoms with E-state index in [9.17, 15) is 13.2 Å². The Morgan fingerprint density at radius 2 is 2.05 bits per heavy atom. The van der Waals surface area contributed by atoms with Gasteiger partial charge in [-0.15, -0.1) is 0 Å². The second-order valence-electron chi connectivity index (χ2n) is 5.99. The van der Waals surface area contributed by atoms with E-state index in [1.807, 2.05) is 24.3 Å². The second-order valence-corrected chi connectivity index (χ2v) is 7.77. The van der Waals surface area contributed by atoms with Gasteiger partial charge in [0.1, 0.15) is 0 Å². The summed E-state index contributed by atoms with van der Waals surface area (Å²) < 4.78 is 25.4. The van der Waals surface area contributed by atoms with Gasteiger partial charge in [0.05, 0.1) is 6.26 Å². The minimum Gasteiger partial charge on any atom is -0.323 e. The monoisotopic (exact) mass is 323 g/mol. The molecule has 2 amide bonds. The van der Waals surface area contributed by atoms with Gasteiger partial charge in [0, 0.05) is 31.4 Å². The largest absolute Gasteiger partial charge is 0.324 e. The van der Waals surface area contributed by atoms with Crippen LogP contribution in [0.4, 0.5) is 10.5 Å². The zero-order valence-electron chi connectivity index (χ0n) is 12.7. The van der Waals surface area contributed by atoms with E-state index in [0.29, 0.717) is 19.6 Å². The van der Waals surface area contributed by atoms with Crippen LogP contribution < -0.4 is 9.62 Å². The van der Waals surface area contributed by atoms with Gasteiger partial charge in [-0.1, -0.05) is 18.2 Å². The van der Waals surface area contributed by atoms with E-state index >= 15 is 0 Å². The number of urea groups is 1. The molecule has 2 aliphatic heterocycles. The number of benzene rings is 1. The van der Waals surface area contributed by atoms with Crippen LogP contribution in [0.3, 0.4) is 0 Å². The third kappa shape index (κ3) is 3.25. The Balaban J connectivity index is 1.70. The van der Waals surface area contributed by atoms with E-state index in [-0.39, 0.29) is 12.1 Å². The van der Waals surface area contributed by atoms with E-state index in [1.54, 1.807) is 9.80 Å². The van der Waals surface area contributed by atoms with Crippen LogP contribution >= 0.6 is 0 Å². The average Bonchev–Trinajstić information content (AvgIpc) is 2.89. The summed E-state index contributed by atoms with van der Waals surface area (Å²) in [6, 6.07) is 7.73. The Kier molecular flexibility index (Phi) is 4.10. The average molecular weight is 323 g/mol. The van der Waals surface area contributed by atoms with Crippen molar-refractivity contribution in [1.29, 1.82) is 0 Å². The Morgan fingerprint density at radius 3 is 2.82 bits per heavy atom. The van der Waals surface area contributed by atoms with Crippen molar-refractivity contribution in [3.05, 3.63) is 29.8 Å². The van der Waals surface area contributed by atoms with Gasteiger partial charge < -0.3 is 4.90 Å². The second kappa shape index (κ2) is 5.89. The predicted octanol–water partition coefficient (Wildman–Crippen LogP) is 1.18. The van der Waals surface area contributed by atoms with Crippen molar-refractivity contribution < 1.29 is 13.2 Å². The Hall–Kier alpha value is -1.60. The number of rotatable bonds is 2. The molecule has 0 aliphatic carbocycles. The number of likely N-dealkylation sites (tertiary alicyclic amines) is 1. The molecule has 1 N–H and O–H groups in total. The lowest BCUT2D eigenvalue weighted by molar-refractivity contribution is 0.184. The molecule has 0 unspecified atom stereocenters. The van der Waals surface area contributed by atoms with Crippen LogP contribution in [0.5, 0.6) is 0 Å². The van der Waals surface area contributed by atoms with Gasteiger partial charge in [0.15, 0.2) is 0 Å². The summed E-state index contributed by atoms with van der Waals surface area (Å²) in [6.07, 6.45) is 3.62. The first-order valence-electron chi connectivity index (χ1n) is 7.56. The van der Waals surface area contributed by atoms with Crippen LogP contribution in [0.2, 0.25) is 0 Å². The number of para-hydroxylation sites is 1. The predicted molar refractivity (Wildman–Crippen MR) is 85.5 cm³/mol. The van der Waals surface area contributed by atoms with Crippen molar-refractivity contribution in [3.8, 4) is 0 Å².